The van der Waals surface area contributed by atoms with Crippen LogP contribution >= 0.6 is 15.9 Å². The van der Waals surface area contributed by atoms with Crippen LogP contribution in [0.1, 0.15) is 26.3 Å². The van der Waals surface area contributed by atoms with Gasteiger partial charge in [-0.3, -0.25) is 4.79 Å². The Morgan fingerprint density at radius 1 is 1.41 bits per heavy atom. The molecule has 3 heteroatoms. The molecule has 1 aliphatic rings. The Morgan fingerprint density at radius 2 is 2.06 bits per heavy atom. The van der Waals surface area contributed by atoms with Crippen LogP contribution in [-0.2, 0) is 11.2 Å². The summed E-state index contributed by atoms with van der Waals surface area (Å²) in [4.78, 5) is 14.3. The third kappa shape index (κ3) is 2.25. The van der Waals surface area contributed by atoms with Gasteiger partial charge in [0.2, 0.25) is 5.91 Å². The molecule has 1 aromatic carbocycles. The number of hydrogen-bond donors (Lipinski definition) is 0. The summed E-state index contributed by atoms with van der Waals surface area (Å²) >= 11 is 3.51. The van der Waals surface area contributed by atoms with Crippen molar-refractivity contribution in [2.24, 2.45) is 5.92 Å². The van der Waals surface area contributed by atoms with Crippen LogP contribution in [0.5, 0.6) is 0 Å². The van der Waals surface area contributed by atoms with Gasteiger partial charge in [0.05, 0.1) is 4.83 Å². The summed E-state index contributed by atoms with van der Waals surface area (Å²) in [6, 6.07) is 8.44. The highest BCUT2D eigenvalue weighted by molar-refractivity contribution is 9.10. The van der Waals surface area contributed by atoms with E-state index in [1.807, 2.05) is 23.1 Å². The number of fused-ring (bicyclic) bond motifs is 1. The molecule has 0 aromatic heterocycles. The predicted octanol–water partition coefficient (Wildman–Crippen LogP) is 3.38. The number of para-hydroxylation sites is 1. The van der Waals surface area contributed by atoms with Crippen molar-refractivity contribution >= 4 is 27.5 Å². The van der Waals surface area contributed by atoms with Crippen molar-refractivity contribution in [2.45, 2.75) is 38.1 Å². The molecule has 0 radical (unpaired) electrons. The van der Waals surface area contributed by atoms with Crippen molar-refractivity contribution in [1.82, 2.24) is 0 Å². The first-order valence-electron chi connectivity index (χ1n) is 6.07. The minimum absolute atomic E-state index is 0.101. The summed E-state index contributed by atoms with van der Waals surface area (Å²) in [5.74, 6) is 0.486. The molecule has 1 amide bonds. The maximum absolute atomic E-state index is 12.4. The van der Waals surface area contributed by atoms with Gasteiger partial charge in [0, 0.05) is 11.7 Å². The fourth-order valence-corrected chi connectivity index (χ4v) is 2.54. The summed E-state index contributed by atoms with van der Waals surface area (Å²) in [6.07, 6.45) is 0.958. The average molecular weight is 296 g/mol. The normalized spacial score (nSPS) is 20.5. The molecule has 0 bridgehead atoms. The molecule has 1 aliphatic heterocycles. The molecule has 0 fully saturated rings. The van der Waals surface area contributed by atoms with Gasteiger partial charge >= 0.3 is 0 Å². The van der Waals surface area contributed by atoms with Crippen molar-refractivity contribution < 1.29 is 4.79 Å². The van der Waals surface area contributed by atoms with Gasteiger partial charge in [-0.15, -0.1) is 0 Å². The summed E-state index contributed by atoms with van der Waals surface area (Å²) in [5.41, 5.74) is 2.35. The van der Waals surface area contributed by atoms with Crippen LogP contribution in [0.3, 0.4) is 0 Å². The van der Waals surface area contributed by atoms with E-state index >= 15 is 0 Å². The van der Waals surface area contributed by atoms with Gasteiger partial charge in [-0.25, -0.2) is 0 Å². The third-order valence-corrected chi connectivity index (χ3v) is 4.71. The maximum atomic E-state index is 12.4. The molecule has 2 rings (SSSR count). The predicted molar refractivity (Wildman–Crippen MR) is 74.6 cm³/mol. The fraction of sp³-hybridized carbons (Fsp3) is 0.500. The number of amides is 1. The minimum atomic E-state index is -0.101. The number of carbonyl (C=O) groups is 1. The fourth-order valence-electron chi connectivity index (χ4n) is 2.32. The van der Waals surface area contributed by atoms with Crippen molar-refractivity contribution in [3.63, 3.8) is 0 Å². The molecule has 0 N–H and O–H groups in total. The number of hydrogen-bond acceptors (Lipinski definition) is 1. The van der Waals surface area contributed by atoms with Crippen molar-refractivity contribution in [3.8, 4) is 0 Å². The number of carbonyl (C=O) groups excluding carboxylic acids is 1. The van der Waals surface area contributed by atoms with Crippen LogP contribution in [0.2, 0.25) is 0 Å². The van der Waals surface area contributed by atoms with Gasteiger partial charge in [0.1, 0.15) is 0 Å². The molecule has 2 atom stereocenters. The van der Waals surface area contributed by atoms with Gasteiger partial charge in [-0.2, -0.15) is 0 Å². The smallest absolute Gasteiger partial charge is 0.241 e. The third-order valence-electron chi connectivity index (χ3n) is 3.27. The molecule has 92 valence electrons. The minimum Gasteiger partial charge on any atom is -0.308 e. The van der Waals surface area contributed by atoms with Crippen LogP contribution in [0, 0.1) is 5.92 Å². The van der Waals surface area contributed by atoms with E-state index in [1.165, 1.54) is 5.56 Å². The van der Waals surface area contributed by atoms with Crippen LogP contribution in [0.4, 0.5) is 5.69 Å². The van der Waals surface area contributed by atoms with Crippen LogP contribution in [0.25, 0.3) is 0 Å². The lowest BCUT2D eigenvalue weighted by Crippen LogP contribution is -2.42. The second-order valence-corrected chi connectivity index (χ2v) is 6.02. The average Bonchev–Trinajstić information content (AvgIpc) is 2.62. The van der Waals surface area contributed by atoms with Crippen LogP contribution in [-0.4, -0.2) is 16.8 Å². The van der Waals surface area contributed by atoms with Gasteiger partial charge < -0.3 is 4.90 Å². The number of benzene rings is 1. The molecule has 0 unspecified atom stereocenters. The van der Waals surface area contributed by atoms with E-state index in [2.05, 4.69) is 42.8 Å². The zero-order chi connectivity index (χ0) is 12.6. The number of anilines is 1. The van der Waals surface area contributed by atoms with Crippen molar-refractivity contribution in [2.75, 3.05) is 4.90 Å². The summed E-state index contributed by atoms with van der Waals surface area (Å²) in [7, 11) is 0. The Hall–Kier alpha value is -0.830. The molecule has 0 saturated heterocycles. The summed E-state index contributed by atoms with van der Waals surface area (Å²) in [6.45, 7) is 6.23. The maximum Gasteiger partial charge on any atom is 0.241 e. The van der Waals surface area contributed by atoms with E-state index in [-0.39, 0.29) is 16.8 Å². The van der Waals surface area contributed by atoms with E-state index in [1.54, 1.807) is 0 Å². The Bertz CT molecular complexity index is 430. The summed E-state index contributed by atoms with van der Waals surface area (Å²) < 4.78 is 0. The zero-order valence-corrected chi connectivity index (χ0v) is 12.1. The Morgan fingerprint density at radius 3 is 2.71 bits per heavy atom. The lowest BCUT2D eigenvalue weighted by molar-refractivity contribution is -0.118. The van der Waals surface area contributed by atoms with E-state index in [0.29, 0.717) is 5.92 Å². The molecule has 17 heavy (non-hydrogen) atoms. The largest absolute Gasteiger partial charge is 0.308 e. The molecule has 0 spiro atoms. The van der Waals surface area contributed by atoms with Gasteiger partial charge in [0.15, 0.2) is 0 Å². The Labute approximate surface area is 111 Å². The van der Waals surface area contributed by atoms with Gasteiger partial charge in [-0.1, -0.05) is 48.0 Å². The number of halogens is 1. The molecule has 1 heterocycles. The highest BCUT2D eigenvalue weighted by Crippen LogP contribution is 2.33. The van der Waals surface area contributed by atoms with E-state index in [0.717, 1.165) is 12.1 Å². The lowest BCUT2D eigenvalue weighted by Gasteiger charge is -2.26. The Balaban J connectivity index is 2.30. The van der Waals surface area contributed by atoms with E-state index < -0.39 is 0 Å². The molecular weight excluding hydrogens is 278 g/mol. The standard InChI is InChI=1S/C14H18BrNO/c1-9(2)13(15)14(17)16-10(3)8-11-6-4-5-7-12(11)16/h4-7,9-10,13H,8H2,1-3H3/t10-,13-/m1/s1. The number of nitrogens with zero attached hydrogens (tertiary/aromatic N) is 1. The van der Waals surface area contributed by atoms with E-state index in [9.17, 15) is 4.79 Å². The van der Waals surface area contributed by atoms with Crippen LogP contribution in [0.15, 0.2) is 24.3 Å². The molecular formula is C14H18BrNO. The van der Waals surface area contributed by atoms with Gasteiger partial charge in [0.25, 0.3) is 0 Å². The Kier molecular flexibility index (Phi) is 3.57. The van der Waals surface area contributed by atoms with Crippen LogP contribution < -0.4 is 4.90 Å². The highest BCUT2D eigenvalue weighted by Gasteiger charge is 2.34. The number of rotatable bonds is 2. The van der Waals surface area contributed by atoms with Gasteiger partial charge in [-0.05, 0) is 30.9 Å². The lowest BCUT2D eigenvalue weighted by atomic mass is 10.1. The topological polar surface area (TPSA) is 20.3 Å². The molecule has 0 saturated carbocycles. The van der Waals surface area contributed by atoms with E-state index in [4.69, 9.17) is 0 Å². The molecule has 1 aromatic rings. The first-order valence-corrected chi connectivity index (χ1v) is 6.99. The molecule has 2 nitrogen and oxygen atoms in total. The monoisotopic (exact) mass is 295 g/mol. The second kappa shape index (κ2) is 4.81. The molecule has 0 aliphatic carbocycles. The highest BCUT2D eigenvalue weighted by atomic mass is 79.9. The summed E-state index contributed by atoms with van der Waals surface area (Å²) in [5, 5.41) is 0. The van der Waals surface area contributed by atoms with Crippen molar-refractivity contribution in [1.29, 1.82) is 0 Å². The SMILES string of the molecule is CC(C)[C@@H](Br)C(=O)N1c2ccccc2C[C@H]1C. The van der Waals surface area contributed by atoms with Crippen molar-refractivity contribution in [3.05, 3.63) is 29.8 Å². The quantitative estimate of drug-likeness (QED) is 0.766. The zero-order valence-electron chi connectivity index (χ0n) is 10.5. The second-order valence-electron chi connectivity index (χ2n) is 5.04. The number of alkyl halides is 1. The first-order chi connectivity index (χ1) is 8.02. The first kappa shape index (κ1) is 12.6.